The van der Waals surface area contributed by atoms with E-state index in [0.717, 1.165) is 16.7 Å². The predicted octanol–water partition coefficient (Wildman–Crippen LogP) is 3.01. The molecule has 3 unspecified atom stereocenters. The fourth-order valence-corrected chi connectivity index (χ4v) is 4.45. The maximum atomic E-state index is 13.5. The van der Waals surface area contributed by atoms with Crippen LogP contribution in [-0.2, 0) is 38.5 Å². The van der Waals surface area contributed by atoms with Gasteiger partial charge in [0.1, 0.15) is 12.1 Å². The van der Waals surface area contributed by atoms with Crippen LogP contribution in [0.15, 0.2) is 42.5 Å². The number of fused-ring (bicyclic) bond motifs is 1. The second kappa shape index (κ2) is 13.9. The van der Waals surface area contributed by atoms with Crippen LogP contribution >= 0.6 is 12.4 Å². The van der Waals surface area contributed by atoms with Gasteiger partial charge in [0.05, 0.1) is 26.9 Å². The van der Waals surface area contributed by atoms with Gasteiger partial charge in [0.15, 0.2) is 11.5 Å². The van der Waals surface area contributed by atoms with E-state index in [2.05, 4.69) is 5.32 Å². The Labute approximate surface area is 223 Å². The molecule has 3 rings (SSSR count). The third kappa shape index (κ3) is 7.36. The highest BCUT2D eigenvalue weighted by atomic mass is 35.5. The molecule has 0 aliphatic carbocycles. The number of benzene rings is 2. The average Bonchev–Trinajstić information content (AvgIpc) is 2.89. The van der Waals surface area contributed by atoms with Gasteiger partial charge in [-0.05, 0) is 55.5 Å². The molecule has 1 amide bonds. The third-order valence-corrected chi connectivity index (χ3v) is 6.36. The number of carboxylic acids is 1. The van der Waals surface area contributed by atoms with Gasteiger partial charge in [-0.2, -0.15) is 0 Å². The van der Waals surface area contributed by atoms with Crippen LogP contribution in [0.25, 0.3) is 0 Å². The van der Waals surface area contributed by atoms with Gasteiger partial charge in [0, 0.05) is 13.0 Å². The number of esters is 1. The molecule has 0 spiro atoms. The average molecular weight is 535 g/mol. The molecule has 10 heteroatoms. The van der Waals surface area contributed by atoms with Gasteiger partial charge in [0.25, 0.3) is 0 Å². The number of carbonyl (C=O) groups excluding carboxylic acids is 2. The molecule has 1 heterocycles. The Morgan fingerprint density at radius 2 is 1.70 bits per heavy atom. The Bertz CT molecular complexity index is 1080. The monoisotopic (exact) mass is 534 g/mol. The largest absolute Gasteiger partial charge is 0.493 e. The van der Waals surface area contributed by atoms with Crippen molar-refractivity contribution in [3.05, 3.63) is 59.2 Å². The van der Waals surface area contributed by atoms with Crippen molar-refractivity contribution in [1.29, 1.82) is 0 Å². The molecule has 2 N–H and O–H groups in total. The van der Waals surface area contributed by atoms with E-state index in [-0.39, 0.29) is 32.0 Å². The number of amides is 1. The van der Waals surface area contributed by atoms with Gasteiger partial charge in [-0.15, -0.1) is 12.4 Å². The zero-order valence-electron chi connectivity index (χ0n) is 21.6. The standard InChI is InChI=1S/C27H34N2O7.ClH/c1-5-36-27(33)21(12-11-18-9-7-6-8-10-18)28-17(2)25(30)29-16-20-15-24(35-4)23(34-3)14-19(20)13-22(29)26(31)32;/h6-10,14-15,17,21-22,28H,5,11-13,16H2,1-4H3,(H,31,32);1H. The van der Waals surface area contributed by atoms with E-state index in [4.69, 9.17) is 14.2 Å². The second-order valence-corrected chi connectivity index (χ2v) is 8.72. The molecule has 0 radical (unpaired) electrons. The van der Waals surface area contributed by atoms with Crippen molar-refractivity contribution in [1.82, 2.24) is 10.2 Å². The fraction of sp³-hybridized carbons (Fsp3) is 0.444. The Hall–Kier alpha value is -3.30. The van der Waals surface area contributed by atoms with Crippen LogP contribution in [0, 0.1) is 0 Å². The minimum absolute atomic E-state index is 0. The molecular formula is C27H35ClN2O7. The number of rotatable bonds is 11. The Morgan fingerprint density at radius 1 is 1.08 bits per heavy atom. The van der Waals surface area contributed by atoms with Crippen molar-refractivity contribution in [3.63, 3.8) is 0 Å². The van der Waals surface area contributed by atoms with Crippen LogP contribution < -0.4 is 14.8 Å². The van der Waals surface area contributed by atoms with Gasteiger partial charge in [-0.1, -0.05) is 30.3 Å². The summed E-state index contributed by atoms with van der Waals surface area (Å²) in [7, 11) is 3.04. The minimum Gasteiger partial charge on any atom is -0.493 e. The number of methoxy groups -OCH3 is 2. The lowest BCUT2D eigenvalue weighted by molar-refractivity contribution is -0.153. The smallest absolute Gasteiger partial charge is 0.326 e. The highest BCUT2D eigenvalue weighted by Crippen LogP contribution is 2.35. The zero-order chi connectivity index (χ0) is 26.2. The van der Waals surface area contributed by atoms with Crippen LogP contribution in [0.4, 0.5) is 0 Å². The number of hydrogen-bond donors (Lipinski definition) is 2. The van der Waals surface area contributed by atoms with Gasteiger partial charge in [-0.25, -0.2) is 4.79 Å². The van der Waals surface area contributed by atoms with Crippen molar-refractivity contribution in [2.24, 2.45) is 0 Å². The van der Waals surface area contributed by atoms with Crippen LogP contribution in [0.5, 0.6) is 11.5 Å². The zero-order valence-corrected chi connectivity index (χ0v) is 22.4. The molecule has 0 saturated heterocycles. The summed E-state index contributed by atoms with van der Waals surface area (Å²) in [5, 5.41) is 13.0. The van der Waals surface area contributed by atoms with Crippen LogP contribution in [0.2, 0.25) is 0 Å². The third-order valence-electron chi connectivity index (χ3n) is 6.36. The van der Waals surface area contributed by atoms with Crippen molar-refractivity contribution < 1.29 is 33.7 Å². The molecule has 0 aromatic heterocycles. The van der Waals surface area contributed by atoms with E-state index in [1.54, 1.807) is 26.0 Å². The van der Waals surface area contributed by atoms with Crippen LogP contribution in [0.3, 0.4) is 0 Å². The molecular weight excluding hydrogens is 500 g/mol. The maximum Gasteiger partial charge on any atom is 0.326 e. The number of aryl methyl sites for hydroxylation is 1. The molecule has 1 aliphatic rings. The Morgan fingerprint density at radius 3 is 2.27 bits per heavy atom. The van der Waals surface area contributed by atoms with Gasteiger partial charge < -0.3 is 24.2 Å². The van der Waals surface area contributed by atoms with Crippen molar-refractivity contribution >= 4 is 30.3 Å². The molecule has 0 saturated carbocycles. The molecule has 2 aromatic carbocycles. The van der Waals surface area contributed by atoms with E-state index >= 15 is 0 Å². The lowest BCUT2D eigenvalue weighted by Crippen LogP contribution is -2.56. The van der Waals surface area contributed by atoms with E-state index < -0.39 is 36.0 Å². The lowest BCUT2D eigenvalue weighted by Gasteiger charge is -2.37. The molecule has 1 aliphatic heterocycles. The normalized spacial score (nSPS) is 16.0. The summed E-state index contributed by atoms with van der Waals surface area (Å²) in [6.07, 6.45) is 1.19. The minimum atomic E-state index is -1.10. The van der Waals surface area contributed by atoms with Crippen molar-refractivity contribution in [3.8, 4) is 11.5 Å². The lowest BCUT2D eigenvalue weighted by atomic mass is 9.92. The van der Waals surface area contributed by atoms with Gasteiger partial charge >= 0.3 is 11.9 Å². The highest BCUT2D eigenvalue weighted by molar-refractivity contribution is 5.88. The van der Waals surface area contributed by atoms with E-state index in [1.807, 2.05) is 30.3 Å². The van der Waals surface area contributed by atoms with Gasteiger partial charge in [-0.3, -0.25) is 14.9 Å². The first-order valence-electron chi connectivity index (χ1n) is 12.0. The van der Waals surface area contributed by atoms with E-state index in [9.17, 15) is 19.5 Å². The summed E-state index contributed by atoms with van der Waals surface area (Å²) < 4.78 is 15.9. The van der Waals surface area contributed by atoms with Crippen LogP contribution in [-0.4, -0.2) is 66.8 Å². The summed E-state index contributed by atoms with van der Waals surface area (Å²) in [6.45, 7) is 3.69. The summed E-state index contributed by atoms with van der Waals surface area (Å²) in [5.41, 5.74) is 2.64. The molecule has 9 nitrogen and oxygen atoms in total. The number of carbonyl (C=O) groups is 3. The number of halogens is 1. The molecule has 2 aromatic rings. The maximum absolute atomic E-state index is 13.5. The van der Waals surface area contributed by atoms with Crippen molar-refractivity contribution in [2.45, 2.75) is 57.8 Å². The number of nitrogens with one attached hydrogen (secondary N) is 1. The van der Waals surface area contributed by atoms with Crippen molar-refractivity contribution in [2.75, 3.05) is 20.8 Å². The van der Waals surface area contributed by atoms with Crippen LogP contribution in [0.1, 0.15) is 37.0 Å². The second-order valence-electron chi connectivity index (χ2n) is 8.72. The topological polar surface area (TPSA) is 114 Å². The summed E-state index contributed by atoms with van der Waals surface area (Å²) in [6, 6.07) is 10.7. The number of carboxylic acid groups (broad SMARTS) is 1. The number of aliphatic carboxylic acids is 1. The molecule has 202 valence electrons. The van der Waals surface area contributed by atoms with Gasteiger partial charge in [0.2, 0.25) is 5.91 Å². The molecule has 0 bridgehead atoms. The summed E-state index contributed by atoms with van der Waals surface area (Å²) in [5.74, 6) is -0.930. The quantitative estimate of drug-likeness (QED) is 0.423. The Kier molecular flexibility index (Phi) is 11.2. The first kappa shape index (κ1) is 29.9. The van der Waals surface area contributed by atoms with E-state index in [1.165, 1.54) is 19.1 Å². The first-order chi connectivity index (χ1) is 17.3. The summed E-state index contributed by atoms with van der Waals surface area (Å²) >= 11 is 0. The number of ether oxygens (including phenoxy) is 3. The summed E-state index contributed by atoms with van der Waals surface area (Å²) in [4.78, 5) is 39.6. The fourth-order valence-electron chi connectivity index (χ4n) is 4.45. The highest BCUT2D eigenvalue weighted by Gasteiger charge is 2.38. The predicted molar refractivity (Wildman–Crippen MR) is 140 cm³/mol. The number of nitrogens with zero attached hydrogens (tertiary/aromatic N) is 1. The Balaban J connectivity index is 0.00000481. The van der Waals surface area contributed by atoms with E-state index in [0.29, 0.717) is 24.3 Å². The first-order valence-corrected chi connectivity index (χ1v) is 12.0. The number of hydrogen-bond acceptors (Lipinski definition) is 7. The SMILES string of the molecule is CCOC(=O)C(CCc1ccccc1)NC(C)C(=O)N1Cc2cc(OC)c(OC)cc2CC1C(=O)O.Cl. The molecule has 37 heavy (non-hydrogen) atoms. The molecule has 0 fully saturated rings. The molecule has 3 atom stereocenters.